The smallest absolute Gasteiger partial charge is 0.352 e. The number of nitrogens with two attached hydrogens (primary N) is 1. The summed E-state index contributed by atoms with van der Waals surface area (Å²) in [5.41, 5.74) is 8.71. The Morgan fingerprint density at radius 3 is 2.63 bits per heavy atom. The molecule has 0 bridgehead atoms. The molecule has 5 rings (SSSR count). The number of H-pyrrole nitrogens is 1. The Kier molecular flexibility index (Phi) is 5.49. The fourth-order valence-corrected chi connectivity index (χ4v) is 4.42. The zero-order valence-electron chi connectivity index (χ0n) is 18.9. The second kappa shape index (κ2) is 8.52. The molecule has 2 heterocycles. The molecule has 0 saturated heterocycles. The Bertz CT molecular complexity index is 1570. The van der Waals surface area contributed by atoms with Crippen molar-refractivity contribution in [2.24, 2.45) is 12.8 Å². The molecule has 0 spiro atoms. The highest BCUT2D eigenvalue weighted by atomic mass is 19.1. The number of anilines is 1. The molecule has 1 aliphatic carbocycles. The van der Waals surface area contributed by atoms with E-state index in [4.69, 9.17) is 5.73 Å². The van der Waals surface area contributed by atoms with Crippen LogP contribution in [0.4, 0.5) is 10.1 Å². The van der Waals surface area contributed by atoms with Crippen molar-refractivity contribution in [2.75, 3.05) is 5.32 Å². The molecule has 0 atom stereocenters. The topological polar surface area (TPSA) is 130 Å². The summed E-state index contributed by atoms with van der Waals surface area (Å²) in [4.78, 5) is 39.7. The Hall–Kier alpha value is -4.24. The number of nitrogens with zero attached hydrogens (tertiary/aromatic N) is 1. The third kappa shape index (κ3) is 4.00. The van der Waals surface area contributed by atoms with Crippen LogP contribution in [-0.2, 0) is 13.6 Å². The summed E-state index contributed by atoms with van der Waals surface area (Å²) >= 11 is 0. The third-order valence-electron chi connectivity index (χ3n) is 6.40. The number of rotatable bonds is 6. The van der Waals surface area contributed by atoms with Gasteiger partial charge in [0.25, 0.3) is 11.5 Å². The van der Waals surface area contributed by atoms with Crippen LogP contribution >= 0.6 is 0 Å². The van der Waals surface area contributed by atoms with Gasteiger partial charge in [-0.1, -0.05) is 18.2 Å². The number of nitrogens with one attached hydrogen (secondary N) is 2. The van der Waals surface area contributed by atoms with Crippen molar-refractivity contribution in [3.63, 3.8) is 0 Å². The predicted octanol–water partition coefficient (Wildman–Crippen LogP) is 3.96. The van der Waals surface area contributed by atoms with Gasteiger partial charge in [-0.3, -0.25) is 9.59 Å². The number of carboxylic acids is 1. The van der Waals surface area contributed by atoms with Crippen molar-refractivity contribution in [1.29, 1.82) is 0 Å². The standard InChI is InChI=1S/C26H23FN4O4/c1-31-12-19(17-10-22(26(34)35)29-23(17)25(31)33)15-3-2-4-21(18(15)11-28)30-24(32)16-8-7-14(9-20(16)27)13-5-6-13/h2-4,7-10,12-13,29H,5-6,11,28H2,1H3,(H,30,32)(H,34,35). The normalized spacial score (nSPS) is 13.2. The highest BCUT2D eigenvalue weighted by Gasteiger charge is 2.25. The highest BCUT2D eigenvalue weighted by Crippen LogP contribution is 2.40. The fraction of sp³-hybridized carbons (Fsp3) is 0.192. The zero-order chi connectivity index (χ0) is 24.9. The number of aromatic amines is 1. The monoisotopic (exact) mass is 474 g/mol. The molecule has 1 saturated carbocycles. The fourth-order valence-electron chi connectivity index (χ4n) is 4.42. The number of benzene rings is 2. The molecular formula is C26H23FN4O4. The molecule has 5 N–H and O–H groups in total. The molecule has 35 heavy (non-hydrogen) atoms. The molecule has 2 aromatic heterocycles. The number of carbonyl (C=O) groups is 2. The molecule has 1 aliphatic rings. The van der Waals surface area contributed by atoms with Crippen LogP contribution in [0.15, 0.2) is 53.5 Å². The third-order valence-corrected chi connectivity index (χ3v) is 6.40. The number of amides is 1. The van der Waals surface area contributed by atoms with Gasteiger partial charge in [-0.15, -0.1) is 0 Å². The molecular weight excluding hydrogens is 451 g/mol. The number of hydrogen-bond donors (Lipinski definition) is 4. The first-order valence-corrected chi connectivity index (χ1v) is 11.2. The van der Waals surface area contributed by atoms with Gasteiger partial charge in [-0.25, -0.2) is 9.18 Å². The van der Waals surface area contributed by atoms with E-state index in [1.165, 1.54) is 22.8 Å². The van der Waals surface area contributed by atoms with Crippen LogP contribution in [0.25, 0.3) is 22.0 Å². The molecule has 0 unspecified atom stereocenters. The minimum absolute atomic E-state index is 0.0371. The van der Waals surface area contributed by atoms with Gasteiger partial charge in [0.2, 0.25) is 0 Å². The van der Waals surface area contributed by atoms with E-state index >= 15 is 0 Å². The van der Waals surface area contributed by atoms with Crippen molar-refractivity contribution in [3.05, 3.63) is 87.2 Å². The van der Waals surface area contributed by atoms with Gasteiger partial charge in [0.05, 0.1) is 5.56 Å². The van der Waals surface area contributed by atoms with Crippen LogP contribution < -0.4 is 16.6 Å². The first-order chi connectivity index (χ1) is 16.8. The average molecular weight is 474 g/mol. The summed E-state index contributed by atoms with van der Waals surface area (Å²) in [7, 11) is 1.56. The van der Waals surface area contributed by atoms with E-state index in [-0.39, 0.29) is 28.9 Å². The molecule has 2 aromatic carbocycles. The van der Waals surface area contributed by atoms with Gasteiger partial charge >= 0.3 is 5.97 Å². The number of fused-ring (bicyclic) bond motifs is 1. The van der Waals surface area contributed by atoms with E-state index in [0.29, 0.717) is 33.7 Å². The first-order valence-electron chi connectivity index (χ1n) is 11.2. The molecule has 4 aromatic rings. The Labute approximate surface area is 199 Å². The molecule has 1 fully saturated rings. The van der Waals surface area contributed by atoms with Crippen LogP contribution in [0.2, 0.25) is 0 Å². The molecule has 0 aliphatic heterocycles. The Balaban J connectivity index is 1.57. The number of carboxylic acid groups (broad SMARTS) is 1. The van der Waals surface area contributed by atoms with Gasteiger partial charge in [-0.05, 0) is 59.7 Å². The van der Waals surface area contributed by atoms with Crippen LogP contribution in [0.5, 0.6) is 0 Å². The van der Waals surface area contributed by atoms with Gasteiger partial charge < -0.3 is 25.7 Å². The van der Waals surface area contributed by atoms with Crippen LogP contribution in [0.3, 0.4) is 0 Å². The number of hydrogen-bond acceptors (Lipinski definition) is 4. The number of halogens is 1. The lowest BCUT2D eigenvalue weighted by Crippen LogP contribution is -2.18. The lowest BCUT2D eigenvalue weighted by atomic mass is 9.96. The number of aromatic nitrogens is 2. The van der Waals surface area contributed by atoms with Crippen molar-refractivity contribution in [2.45, 2.75) is 25.3 Å². The van der Waals surface area contributed by atoms with Gasteiger partial charge in [0.1, 0.15) is 17.0 Å². The molecule has 0 radical (unpaired) electrons. The van der Waals surface area contributed by atoms with Crippen LogP contribution in [0.1, 0.15) is 50.7 Å². The number of pyridine rings is 1. The van der Waals surface area contributed by atoms with E-state index in [9.17, 15) is 23.9 Å². The minimum Gasteiger partial charge on any atom is -0.477 e. The van der Waals surface area contributed by atoms with E-state index in [2.05, 4.69) is 10.3 Å². The maximum atomic E-state index is 14.7. The largest absolute Gasteiger partial charge is 0.477 e. The molecule has 178 valence electrons. The van der Waals surface area contributed by atoms with Gasteiger partial charge in [0.15, 0.2) is 0 Å². The summed E-state index contributed by atoms with van der Waals surface area (Å²) in [5.74, 6) is -2.00. The van der Waals surface area contributed by atoms with E-state index in [0.717, 1.165) is 18.4 Å². The van der Waals surface area contributed by atoms with Crippen molar-refractivity contribution in [3.8, 4) is 11.1 Å². The quantitative estimate of drug-likeness (QED) is 0.336. The van der Waals surface area contributed by atoms with Gasteiger partial charge in [-0.2, -0.15) is 0 Å². The summed E-state index contributed by atoms with van der Waals surface area (Å²) in [5, 5.41) is 12.6. The Morgan fingerprint density at radius 2 is 1.97 bits per heavy atom. The highest BCUT2D eigenvalue weighted by molar-refractivity contribution is 6.06. The second-order valence-electron chi connectivity index (χ2n) is 8.74. The maximum Gasteiger partial charge on any atom is 0.352 e. The second-order valence-corrected chi connectivity index (χ2v) is 8.74. The molecule has 1 amide bonds. The molecule has 8 nitrogen and oxygen atoms in total. The van der Waals surface area contributed by atoms with Crippen molar-refractivity contribution >= 4 is 28.5 Å². The van der Waals surface area contributed by atoms with Crippen LogP contribution in [-0.4, -0.2) is 26.5 Å². The van der Waals surface area contributed by atoms with E-state index < -0.39 is 17.7 Å². The predicted molar refractivity (Wildman–Crippen MR) is 130 cm³/mol. The van der Waals surface area contributed by atoms with Crippen molar-refractivity contribution < 1.29 is 19.1 Å². The van der Waals surface area contributed by atoms with Gasteiger partial charge in [0, 0.05) is 36.4 Å². The zero-order valence-corrected chi connectivity index (χ0v) is 18.9. The minimum atomic E-state index is -1.19. The van der Waals surface area contributed by atoms with E-state index in [1.807, 2.05) is 0 Å². The summed E-state index contributed by atoms with van der Waals surface area (Å²) < 4.78 is 16.0. The lowest BCUT2D eigenvalue weighted by molar-refractivity contribution is 0.0691. The van der Waals surface area contributed by atoms with Crippen LogP contribution in [0, 0.1) is 5.82 Å². The number of carbonyl (C=O) groups excluding carboxylic acids is 1. The summed E-state index contributed by atoms with van der Waals surface area (Å²) in [6.07, 6.45) is 3.66. The maximum absolute atomic E-state index is 14.7. The Morgan fingerprint density at radius 1 is 1.20 bits per heavy atom. The summed E-state index contributed by atoms with van der Waals surface area (Å²) in [6.45, 7) is 0.0371. The molecule has 9 heteroatoms. The van der Waals surface area contributed by atoms with Crippen molar-refractivity contribution in [1.82, 2.24) is 9.55 Å². The first kappa shape index (κ1) is 22.5. The SMILES string of the molecule is Cn1cc(-c2cccc(NC(=O)c3ccc(C4CC4)cc3F)c2CN)c2cc(C(=O)O)[nH]c2c1=O. The number of aryl methyl sites for hydroxylation is 1. The van der Waals surface area contributed by atoms with E-state index in [1.54, 1.807) is 37.5 Å². The average Bonchev–Trinajstić information content (AvgIpc) is 3.58. The number of aromatic carboxylic acids is 1. The summed E-state index contributed by atoms with van der Waals surface area (Å²) in [6, 6.07) is 11.2. The lowest BCUT2D eigenvalue weighted by Gasteiger charge is -2.16.